The highest BCUT2D eigenvalue weighted by molar-refractivity contribution is 5.92. The fourth-order valence-corrected chi connectivity index (χ4v) is 1.14. The van der Waals surface area contributed by atoms with Crippen molar-refractivity contribution in [3.05, 3.63) is 34.6 Å². The molecule has 3 nitrogen and oxygen atoms in total. The normalized spacial score (nSPS) is 9.29. The Morgan fingerprint density at radius 1 is 1.57 bits per heavy atom. The topological polar surface area (TPSA) is 50.1 Å². The molecule has 0 bridgehead atoms. The Labute approximate surface area is 80.7 Å². The van der Waals surface area contributed by atoms with Gasteiger partial charge in [0.15, 0.2) is 0 Å². The Hall–Kier alpha value is -1.89. The zero-order chi connectivity index (χ0) is 10.7. The van der Waals surface area contributed by atoms with Crippen LogP contribution in [0.3, 0.4) is 0 Å². The van der Waals surface area contributed by atoms with Gasteiger partial charge in [-0.3, -0.25) is 0 Å². The summed E-state index contributed by atoms with van der Waals surface area (Å²) in [5.74, 6) is -1.56. The number of esters is 1. The van der Waals surface area contributed by atoms with Crippen molar-refractivity contribution in [1.29, 1.82) is 5.26 Å². The van der Waals surface area contributed by atoms with Gasteiger partial charge in [-0.15, -0.1) is 0 Å². The minimum atomic E-state index is -0.834. The number of carbonyl (C=O) groups excluding carboxylic acids is 1. The van der Waals surface area contributed by atoms with Crippen LogP contribution in [0.5, 0.6) is 0 Å². The highest BCUT2D eigenvalue weighted by Crippen LogP contribution is 2.16. The lowest BCUT2D eigenvalue weighted by Gasteiger charge is -2.04. The van der Waals surface area contributed by atoms with Crippen LogP contribution in [-0.4, -0.2) is 13.1 Å². The molecule has 4 heteroatoms. The molecule has 0 aliphatic rings. The van der Waals surface area contributed by atoms with Crippen LogP contribution in [0.4, 0.5) is 4.39 Å². The molecule has 0 spiro atoms. The number of nitriles is 1. The number of ether oxygens (including phenoxy) is 1. The van der Waals surface area contributed by atoms with Gasteiger partial charge in [0.05, 0.1) is 12.7 Å². The average molecular weight is 193 g/mol. The first kappa shape index (κ1) is 10.2. The molecule has 0 aromatic heterocycles. The number of hydrogen-bond acceptors (Lipinski definition) is 3. The summed E-state index contributed by atoms with van der Waals surface area (Å²) >= 11 is 0. The molecule has 0 saturated carbocycles. The molecule has 0 heterocycles. The van der Waals surface area contributed by atoms with Crippen LogP contribution in [-0.2, 0) is 4.74 Å². The molecule has 0 N–H and O–H groups in total. The first-order chi connectivity index (χ1) is 6.60. The maximum Gasteiger partial charge on any atom is 0.342 e. The van der Waals surface area contributed by atoms with E-state index in [9.17, 15) is 9.18 Å². The van der Waals surface area contributed by atoms with Crippen molar-refractivity contribution in [3.8, 4) is 6.07 Å². The number of methoxy groups -OCH3 is 1. The van der Waals surface area contributed by atoms with E-state index in [1.165, 1.54) is 12.1 Å². The average Bonchev–Trinajstić information content (AvgIpc) is 2.15. The van der Waals surface area contributed by atoms with Crippen molar-refractivity contribution in [1.82, 2.24) is 0 Å². The molecule has 0 radical (unpaired) electrons. The zero-order valence-electron chi connectivity index (χ0n) is 7.80. The van der Waals surface area contributed by atoms with Crippen LogP contribution in [0.15, 0.2) is 12.1 Å². The van der Waals surface area contributed by atoms with E-state index in [1.54, 1.807) is 13.0 Å². The summed E-state index contributed by atoms with van der Waals surface area (Å²) in [6.07, 6.45) is 0. The summed E-state index contributed by atoms with van der Waals surface area (Å²) < 4.78 is 17.7. The molecule has 14 heavy (non-hydrogen) atoms. The molecule has 1 aromatic carbocycles. The SMILES string of the molecule is COC(=O)c1c(F)cc(C)cc1C#N. The van der Waals surface area contributed by atoms with Crippen molar-refractivity contribution in [2.24, 2.45) is 0 Å². The summed E-state index contributed by atoms with van der Waals surface area (Å²) in [5, 5.41) is 8.69. The number of rotatable bonds is 1. The zero-order valence-corrected chi connectivity index (χ0v) is 7.80. The summed E-state index contributed by atoms with van der Waals surface area (Å²) in [6, 6.07) is 4.38. The minimum absolute atomic E-state index is 0.00523. The second-order valence-corrected chi connectivity index (χ2v) is 2.77. The smallest absolute Gasteiger partial charge is 0.342 e. The molecule has 0 atom stereocenters. The van der Waals surface area contributed by atoms with E-state index in [2.05, 4.69) is 4.74 Å². The van der Waals surface area contributed by atoms with E-state index < -0.39 is 11.8 Å². The van der Waals surface area contributed by atoms with Gasteiger partial charge >= 0.3 is 5.97 Å². The number of hydrogen-bond donors (Lipinski definition) is 0. The van der Waals surface area contributed by atoms with Crippen molar-refractivity contribution in [3.63, 3.8) is 0 Å². The first-order valence-corrected chi connectivity index (χ1v) is 3.88. The summed E-state index contributed by atoms with van der Waals surface area (Å²) in [4.78, 5) is 11.1. The van der Waals surface area contributed by atoms with Gasteiger partial charge in [-0.05, 0) is 24.6 Å². The van der Waals surface area contributed by atoms with Crippen molar-refractivity contribution < 1.29 is 13.9 Å². The third kappa shape index (κ3) is 1.72. The fourth-order valence-electron chi connectivity index (χ4n) is 1.14. The van der Waals surface area contributed by atoms with Crippen molar-refractivity contribution in [2.45, 2.75) is 6.92 Å². The van der Waals surface area contributed by atoms with Gasteiger partial charge in [-0.25, -0.2) is 9.18 Å². The van der Waals surface area contributed by atoms with Crippen LogP contribution in [0.2, 0.25) is 0 Å². The summed E-state index contributed by atoms with van der Waals surface area (Å²) in [7, 11) is 1.14. The lowest BCUT2D eigenvalue weighted by molar-refractivity contribution is 0.0595. The van der Waals surface area contributed by atoms with Crippen LogP contribution in [0.25, 0.3) is 0 Å². The minimum Gasteiger partial charge on any atom is -0.465 e. The van der Waals surface area contributed by atoms with Gasteiger partial charge < -0.3 is 4.74 Å². The maximum absolute atomic E-state index is 13.3. The number of carbonyl (C=O) groups is 1. The molecular weight excluding hydrogens is 185 g/mol. The molecular formula is C10H8FNO2. The Balaban J connectivity index is 3.42. The Kier molecular flexibility index (Phi) is 2.82. The van der Waals surface area contributed by atoms with Gasteiger partial charge in [-0.2, -0.15) is 5.26 Å². The standard InChI is InChI=1S/C10H8FNO2/c1-6-3-7(5-12)9(8(11)4-6)10(13)14-2/h3-4H,1-2H3. The molecule has 1 aromatic rings. The predicted molar refractivity (Wildman–Crippen MR) is 47.2 cm³/mol. The monoisotopic (exact) mass is 193 g/mol. The van der Waals surface area contributed by atoms with Crippen molar-refractivity contribution in [2.75, 3.05) is 7.11 Å². The fraction of sp³-hybridized carbons (Fsp3) is 0.200. The molecule has 1 rings (SSSR count). The summed E-state index contributed by atoms with van der Waals surface area (Å²) in [5.41, 5.74) is 0.279. The van der Waals surface area contributed by atoms with Crippen LogP contribution in [0, 0.1) is 24.1 Å². The predicted octanol–water partition coefficient (Wildman–Crippen LogP) is 1.79. The van der Waals surface area contributed by atoms with Gasteiger partial charge in [0.25, 0.3) is 0 Å². The third-order valence-corrected chi connectivity index (χ3v) is 1.74. The maximum atomic E-state index is 13.3. The molecule has 0 amide bonds. The second-order valence-electron chi connectivity index (χ2n) is 2.77. The number of nitrogens with zero attached hydrogens (tertiary/aromatic N) is 1. The summed E-state index contributed by atoms with van der Waals surface area (Å²) in [6.45, 7) is 1.64. The van der Waals surface area contributed by atoms with E-state index in [0.29, 0.717) is 5.56 Å². The Bertz CT molecular complexity index is 421. The van der Waals surface area contributed by atoms with Crippen LogP contribution in [0.1, 0.15) is 21.5 Å². The molecule has 72 valence electrons. The Morgan fingerprint density at radius 2 is 2.21 bits per heavy atom. The van der Waals surface area contributed by atoms with Crippen LogP contribution < -0.4 is 0 Å². The highest BCUT2D eigenvalue weighted by atomic mass is 19.1. The number of halogens is 1. The van der Waals surface area contributed by atoms with Crippen LogP contribution >= 0.6 is 0 Å². The third-order valence-electron chi connectivity index (χ3n) is 1.74. The number of benzene rings is 1. The van der Waals surface area contributed by atoms with Crippen molar-refractivity contribution >= 4 is 5.97 Å². The van der Waals surface area contributed by atoms with Gasteiger partial charge in [0.1, 0.15) is 17.4 Å². The Morgan fingerprint density at radius 3 is 2.71 bits per heavy atom. The second kappa shape index (κ2) is 3.88. The first-order valence-electron chi connectivity index (χ1n) is 3.88. The highest BCUT2D eigenvalue weighted by Gasteiger charge is 2.17. The van der Waals surface area contributed by atoms with E-state index in [4.69, 9.17) is 5.26 Å². The molecule has 0 unspecified atom stereocenters. The van der Waals surface area contributed by atoms with E-state index in [1.807, 2.05) is 0 Å². The van der Waals surface area contributed by atoms with Gasteiger partial charge in [-0.1, -0.05) is 0 Å². The largest absolute Gasteiger partial charge is 0.465 e. The number of aryl methyl sites for hydroxylation is 1. The quantitative estimate of drug-likeness (QED) is 0.639. The van der Waals surface area contributed by atoms with E-state index in [0.717, 1.165) is 7.11 Å². The molecule has 0 saturated heterocycles. The van der Waals surface area contributed by atoms with Gasteiger partial charge in [0, 0.05) is 0 Å². The molecule has 0 aliphatic heterocycles. The molecule has 0 aliphatic carbocycles. The lowest BCUT2D eigenvalue weighted by Crippen LogP contribution is -2.07. The van der Waals surface area contributed by atoms with E-state index in [-0.39, 0.29) is 11.1 Å². The van der Waals surface area contributed by atoms with Gasteiger partial charge in [0.2, 0.25) is 0 Å². The molecule has 0 fully saturated rings. The lowest BCUT2D eigenvalue weighted by atomic mass is 10.0. The van der Waals surface area contributed by atoms with E-state index >= 15 is 0 Å².